The van der Waals surface area contributed by atoms with Crippen LogP contribution in [0.2, 0.25) is 0 Å². The second kappa shape index (κ2) is 5.74. The van der Waals surface area contributed by atoms with Gasteiger partial charge in [0.2, 0.25) is 0 Å². The number of thiophene rings is 1. The first-order chi connectivity index (χ1) is 9.50. The third-order valence-electron chi connectivity index (χ3n) is 2.68. The molecule has 2 amide bonds. The molecule has 8 heteroatoms. The van der Waals surface area contributed by atoms with Gasteiger partial charge in [0.15, 0.2) is 0 Å². The van der Waals surface area contributed by atoms with Gasteiger partial charge in [-0.3, -0.25) is 4.79 Å². The Morgan fingerprint density at radius 1 is 1.50 bits per heavy atom. The second-order valence-corrected chi connectivity index (χ2v) is 5.08. The Morgan fingerprint density at radius 3 is 2.90 bits per heavy atom. The Kier molecular flexibility index (Phi) is 4.04. The molecule has 7 nitrogen and oxygen atoms in total. The first-order valence-electron chi connectivity index (χ1n) is 5.84. The summed E-state index contributed by atoms with van der Waals surface area (Å²) in [5, 5.41) is 3.41. The number of nitrogens with two attached hydrogens (primary N) is 2. The average molecular weight is 294 g/mol. The molecule has 0 saturated heterocycles. The minimum absolute atomic E-state index is 0.0170. The summed E-state index contributed by atoms with van der Waals surface area (Å²) in [6, 6.07) is 1.84. The smallest absolute Gasteiger partial charge is 0.404 e. The minimum Gasteiger partial charge on any atom is -0.448 e. The van der Waals surface area contributed by atoms with Crippen LogP contribution in [-0.4, -0.2) is 30.1 Å². The first-order valence-corrected chi connectivity index (χ1v) is 6.66. The zero-order valence-electron chi connectivity index (χ0n) is 10.8. The Balaban J connectivity index is 2.13. The molecule has 0 aliphatic rings. The van der Waals surface area contributed by atoms with E-state index in [2.05, 4.69) is 15.0 Å². The third kappa shape index (κ3) is 2.80. The van der Waals surface area contributed by atoms with E-state index in [1.54, 1.807) is 6.20 Å². The average Bonchev–Trinajstić information content (AvgIpc) is 2.73. The lowest BCUT2D eigenvalue weighted by atomic mass is 10.2. The summed E-state index contributed by atoms with van der Waals surface area (Å²) in [4.78, 5) is 27.7. The maximum atomic E-state index is 12.0. The van der Waals surface area contributed by atoms with Crippen LogP contribution in [-0.2, 0) is 4.74 Å². The van der Waals surface area contributed by atoms with Crippen molar-refractivity contribution in [3.8, 4) is 0 Å². The fourth-order valence-corrected chi connectivity index (χ4v) is 2.83. The highest BCUT2D eigenvalue weighted by Gasteiger charge is 2.17. The second-order valence-electron chi connectivity index (χ2n) is 4.08. The molecule has 2 heterocycles. The number of fused-ring (bicyclic) bond motifs is 1. The van der Waals surface area contributed by atoms with E-state index in [9.17, 15) is 9.59 Å². The maximum Gasteiger partial charge on any atom is 0.404 e. The van der Waals surface area contributed by atoms with E-state index in [1.807, 2.05) is 13.0 Å². The summed E-state index contributed by atoms with van der Waals surface area (Å²) in [5.41, 5.74) is 12.2. The summed E-state index contributed by atoms with van der Waals surface area (Å²) in [6.45, 7) is 2.10. The minimum atomic E-state index is -0.875. The lowest BCUT2D eigenvalue weighted by Crippen LogP contribution is -2.28. The van der Waals surface area contributed by atoms with Crippen molar-refractivity contribution in [2.75, 3.05) is 18.9 Å². The van der Waals surface area contributed by atoms with Gasteiger partial charge >= 0.3 is 6.09 Å². The van der Waals surface area contributed by atoms with Crippen molar-refractivity contribution >= 4 is 39.2 Å². The van der Waals surface area contributed by atoms with Crippen LogP contribution in [0, 0.1) is 6.92 Å². The molecule has 2 aromatic rings. The van der Waals surface area contributed by atoms with Gasteiger partial charge in [0.05, 0.1) is 12.2 Å². The Labute approximate surface area is 118 Å². The molecule has 5 N–H and O–H groups in total. The predicted molar refractivity (Wildman–Crippen MR) is 76.6 cm³/mol. The van der Waals surface area contributed by atoms with Crippen molar-refractivity contribution in [3.63, 3.8) is 0 Å². The van der Waals surface area contributed by atoms with Crippen LogP contribution in [0.5, 0.6) is 0 Å². The van der Waals surface area contributed by atoms with Gasteiger partial charge in [-0.15, -0.1) is 11.3 Å². The van der Waals surface area contributed by atoms with E-state index in [0.29, 0.717) is 10.6 Å². The van der Waals surface area contributed by atoms with Gasteiger partial charge in [-0.1, -0.05) is 0 Å². The molecule has 0 saturated carbocycles. The molecule has 2 aromatic heterocycles. The van der Waals surface area contributed by atoms with Crippen molar-refractivity contribution in [2.45, 2.75) is 6.92 Å². The number of amides is 2. The van der Waals surface area contributed by atoms with Crippen LogP contribution < -0.4 is 16.8 Å². The van der Waals surface area contributed by atoms with Crippen LogP contribution in [0.3, 0.4) is 0 Å². The summed E-state index contributed by atoms with van der Waals surface area (Å²) in [5.74, 6) is -0.321. The van der Waals surface area contributed by atoms with Gasteiger partial charge in [0.25, 0.3) is 5.91 Å². The number of rotatable bonds is 4. The van der Waals surface area contributed by atoms with Gasteiger partial charge in [-0.05, 0) is 18.6 Å². The molecule has 2 rings (SSSR count). The number of aryl methyl sites for hydroxylation is 1. The van der Waals surface area contributed by atoms with E-state index in [1.165, 1.54) is 11.3 Å². The number of nitrogens with one attached hydrogen (secondary N) is 1. The monoisotopic (exact) mass is 294 g/mol. The van der Waals surface area contributed by atoms with Gasteiger partial charge in [-0.25, -0.2) is 9.78 Å². The van der Waals surface area contributed by atoms with Crippen LogP contribution in [0.1, 0.15) is 15.2 Å². The molecule has 0 unspecified atom stereocenters. The Hall–Kier alpha value is -2.35. The number of primary amides is 1. The molecular weight excluding hydrogens is 280 g/mol. The van der Waals surface area contributed by atoms with Crippen LogP contribution in [0.15, 0.2) is 12.3 Å². The van der Waals surface area contributed by atoms with Gasteiger partial charge in [-0.2, -0.15) is 0 Å². The SMILES string of the molecule is Cc1ccnc2sc(C(=O)NCCOC(N)=O)c(N)c12. The number of aromatic nitrogens is 1. The largest absolute Gasteiger partial charge is 0.448 e. The zero-order valence-corrected chi connectivity index (χ0v) is 11.6. The zero-order chi connectivity index (χ0) is 14.7. The molecule has 20 heavy (non-hydrogen) atoms. The highest BCUT2D eigenvalue weighted by molar-refractivity contribution is 7.21. The fraction of sp³-hybridized carbons (Fsp3) is 0.250. The van der Waals surface area contributed by atoms with Crippen LogP contribution in [0.4, 0.5) is 10.5 Å². The number of ether oxygens (including phenoxy) is 1. The molecule has 0 aliphatic heterocycles. The molecule has 0 bridgehead atoms. The van der Waals surface area contributed by atoms with Crippen LogP contribution in [0.25, 0.3) is 10.2 Å². The number of pyridine rings is 1. The lowest BCUT2D eigenvalue weighted by Gasteiger charge is -2.04. The van der Waals surface area contributed by atoms with Gasteiger partial charge in [0, 0.05) is 11.6 Å². The highest BCUT2D eigenvalue weighted by Crippen LogP contribution is 2.33. The first kappa shape index (κ1) is 14.1. The predicted octanol–water partition coefficient (Wildman–Crippen LogP) is 1.01. The Morgan fingerprint density at radius 2 is 2.25 bits per heavy atom. The van der Waals surface area contributed by atoms with E-state index in [4.69, 9.17) is 11.5 Å². The highest BCUT2D eigenvalue weighted by atomic mass is 32.1. The number of nitrogen functional groups attached to an aromatic ring is 1. The number of carbonyl (C=O) groups excluding carboxylic acids is 2. The molecule has 0 spiro atoms. The summed E-state index contributed by atoms with van der Waals surface area (Å²) in [7, 11) is 0. The Bertz CT molecular complexity index is 668. The molecule has 0 fully saturated rings. The van der Waals surface area contributed by atoms with E-state index in [0.717, 1.165) is 15.8 Å². The fourth-order valence-electron chi connectivity index (χ4n) is 1.77. The maximum absolute atomic E-state index is 12.0. The van der Waals surface area contributed by atoms with Gasteiger partial charge < -0.3 is 21.5 Å². The quantitative estimate of drug-likeness (QED) is 0.727. The number of carbonyl (C=O) groups is 2. The number of hydrogen-bond donors (Lipinski definition) is 3. The standard InChI is InChI=1S/C12H14N4O3S/c1-6-2-3-16-11-7(6)8(13)9(20-11)10(17)15-4-5-19-12(14)18/h2-3H,4-5,13H2,1H3,(H2,14,18)(H,15,17). The van der Waals surface area contributed by atoms with Gasteiger partial charge in [0.1, 0.15) is 16.3 Å². The molecular formula is C12H14N4O3S. The third-order valence-corrected chi connectivity index (χ3v) is 3.79. The van der Waals surface area contributed by atoms with Crippen LogP contribution >= 0.6 is 11.3 Å². The molecule has 0 radical (unpaired) electrons. The number of anilines is 1. The summed E-state index contributed by atoms with van der Waals surface area (Å²) < 4.78 is 4.52. The topological polar surface area (TPSA) is 120 Å². The van der Waals surface area contributed by atoms with Crippen molar-refractivity contribution in [2.24, 2.45) is 5.73 Å². The molecule has 106 valence electrons. The number of hydrogen-bond acceptors (Lipinski definition) is 6. The van der Waals surface area contributed by atoms with Crippen molar-refractivity contribution in [1.82, 2.24) is 10.3 Å². The van der Waals surface area contributed by atoms with E-state index in [-0.39, 0.29) is 19.1 Å². The molecule has 0 aromatic carbocycles. The van der Waals surface area contributed by atoms with Crippen molar-refractivity contribution in [3.05, 3.63) is 22.7 Å². The van der Waals surface area contributed by atoms with Crippen molar-refractivity contribution < 1.29 is 14.3 Å². The lowest BCUT2D eigenvalue weighted by molar-refractivity contribution is 0.0941. The van der Waals surface area contributed by atoms with E-state index >= 15 is 0 Å². The van der Waals surface area contributed by atoms with E-state index < -0.39 is 6.09 Å². The van der Waals surface area contributed by atoms with Crippen molar-refractivity contribution in [1.29, 1.82) is 0 Å². The molecule has 0 atom stereocenters. The summed E-state index contributed by atoms with van der Waals surface area (Å²) >= 11 is 1.23. The normalized spacial score (nSPS) is 10.4. The summed E-state index contributed by atoms with van der Waals surface area (Å²) in [6.07, 6.45) is 0.802. The number of nitrogens with zero attached hydrogens (tertiary/aromatic N) is 1. The molecule has 0 aliphatic carbocycles.